The lowest BCUT2D eigenvalue weighted by atomic mass is 9.78. The molecule has 3 aliphatic heterocycles. The first-order chi connectivity index (χ1) is 38.1. The normalized spacial score (nSPS) is 18.9. The van der Waals surface area contributed by atoms with Crippen LogP contribution in [0.3, 0.4) is 0 Å². The molecule has 0 radical (unpaired) electrons. The topological polar surface area (TPSA) is 325 Å². The Bertz CT molecular complexity index is 4110. The number of thioether (sulfide) groups is 1. The van der Waals surface area contributed by atoms with E-state index in [-0.39, 0.29) is 66.6 Å². The van der Waals surface area contributed by atoms with Crippen molar-refractivity contribution in [3.8, 4) is 0 Å². The Balaban J connectivity index is 1.18. The summed E-state index contributed by atoms with van der Waals surface area (Å²) in [4.78, 5) is 42.5. The number of amides is 2. The van der Waals surface area contributed by atoms with E-state index < -0.39 is 100 Å². The van der Waals surface area contributed by atoms with Crippen molar-refractivity contribution < 1.29 is 84.1 Å². The molecule has 8 rings (SSSR count). The summed E-state index contributed by atoms with van der Waals surface area (Å²) in [7, 11) is -21.6. The lowest BCUT2D eigenvalue weighted by Gasteiger charge is -2.27. The summed E-state index contributed by atoms with van der Waals surface area (Å²) in [6, 6.07) is 13.3. The smallest absolute Gasteiger partial charge is 0.333 e. The van der Waals surface area contributed by atoms with Gasteiger partial charge in [-0.15, -0.1) is 16.8 Å². The van der Waals surface area contributed by atoms with Crippen molar-refractivity contribution in [3.05, 3.63) is 112 Å². The van der Waals surface area contributed by atoms with Crippen LogP contribution in [0.2, 0.25) is 0 Å². The fourth-order valence-corrected chi connectivity index (χ4v) is 16.7. The van der Waals surface area contributed by atoms with Crippen molar-refractivity contribution in [1.29, 1.82) is 0 Å². The maximum atomic E-state index is 14.3. The van der Waals surface area contributed by atoms with Crippen LogP contribution in [0.4, 0.5) is 11.4 Å². The standard InChI is InChI=1S/C54H62N4O18S6/c1-7-56-41-21-20-38-40(32-36(81(70,71)72)33-44(38)82(73,74)75)51(41)53(2,3)45(56)23-17-34-12-8-13-35(52(34)77-29-31-79(65,66)67)18-24-46-54(4,5)50-39-14-9-15-43(37(39)19-22-42(50)57(46)28-11-30-78(62,63)64)80(68,69)55(6)27-10-16-49(61)76-58-47(59)25-26-48(58)60/h9,14-15,17-24,32-33H,7-8,10-13,16,25-31H2,1-6H3,(H3-,62,63,64,65,66,67,70,71,72,73,74,75)/p+1. The van der Waals surface area contributed by atoms with E-state index in [1.165, 1.54) is 37.0 Å². The Morgan fingerprint density at radius 1 is 0.732 bits per heavy atom. The first kappa shape index (κ1) is 62.4. The molecule has 442 valence electrons. The van der Waals surface area contributed by atoms with Crippen LogP contribution in [0.1, 0.15) is 97.1 Å². The third-order valence-corrected chi connectivity index (χ3v) is 21.8. The highest BCUT2D eigenvalue weighted by molar-refractivity contribution is 8.04. The fraction of sp³-hybridized carbons (Fsp3) is 0.407. The van der Waals surface area contributed by atoms with Gasteiger partial charge in [-0.2, -0.15) is 38.2 Å². The van der Waals surface area contributed by atoms with E-state index in [9.17, 15) is 74.7 Å². The molecule has 4 N–H and O–H groups in total. The minimum absolute atomic E-state index is 0.00367. The number of hydrogen-bond donors (Lipinski definition) is 4. The minimum Gasteiger partial charge on any atom is -0.344 e. The number of carbonyl (C=O) groups excluding carboxylic acids is 3. The molecule has 0 bridgehead atoms. The van der Waals surface area contributed by atoms with E-state index in [2.05, 4.69) is 0 Å². The zero-order valence-corrected chi connectivity index (χ0v) is 50.5. The summed E-state index contributed by atoms with van der Waals surface area (Å²) in [5, 5.41) is 1.58. The molecule has 2 amide bonds. The second kappa shape index (κ2) is 23.1. The zero-order valence-electron chi connectivity index (χ0n) is 45.6. The Kier molecular flexibility index (Phi) is 17.6. The number of fused-ring (bicyclic) bond motifs is 6. The Morgan fingerprint density at radius 3 is 2.02 bits per heavy atom. The van der Waals surface area contributed by atoms with Crippen molar-refractivity contribution in [2.45, 2.75) is 112 Å². The van der Waals surface area contributed by atoms with Gasteiger partial charge in [0.1, 0.15) is 11.4 Å². The van der Waals surface area contributed by atoms with Gasteiger partial charge in [-0.3, -0.25) is 27.8 Å². The number of hydrogen-bond acceptors (Lipinski definition) is 16. The van der Waals surface area contributed by atoms with Crippen molar-refractivity contribution in [2.24, 2.45) is 0 Å². The molecular weight excluding hydrogens is 1190 g/mol. The monoisotopic (exact) mass is 1250 g/mol. The van der Waals surface area contributed by atoms with Crippen LogP contribution in [0.15, 0.2) is 115 Å². The van der Waals surface area contributed by atoms with Crippen LogP contribution in [-0.4, -0.2) is 142 Å². The van der Waals surface area contributed by atoms with E-state index in [4.69, 9.17) is 4.84 Å². The van der Waals surface area contributed by atoms with Crippen LogP contribution in [-0.2, 0) is 80.5 Å². The lowest BCUT2D eigenvalue weighted by Crippen LogP contribution is -2.32. The second-order valence-corrected chi connectivity index (χ2v) is 30.4. The average Bonchev–Trinajstić information content (AvgIpc) is 2.77. The Morgan fingerprint density at radius 2 is 1.39 bits per heavy atom. The molecule has 0 saturated carbocycles. The number of rotatable bonds is 21. The van der Waals surface area contributed by atoms with Gasteiger partial charge >= 0.3 is 5.97 Å². The molecule has 28 heteroatoms. The van der Waals surface area contributed by atoms with Crippen molar-refractivity contribution in [3.63, 3.8) is 0 Å². The van der Waals surface area contributed by atoms with Crippen molar-refractivity contribution in [2.75, 3.05) is 48.8 Å². The molecule has 4 aromatic carbocycles. The van der Waals surface area contributed by atoms with Gasteiger partial charge in [-0.25, -0.2) is 17.5 Å². The fourth-order valence-electron chi connectivity index (χ4n) is 11.4. The van der Waals surface area contributed by atoms with Crippen molar-refractivity contribution >= 4 is 119 Å². The van der Waals surface area contributed by atoms with Gasteiger partial charge in [0.2, 0.25) is 15.7 Å². The highest BCUT2D eigenvalue weighted by Crippen LogP contribution is 2.52. The number of sulfonamides is 1. The average molecular weight is 1250 g/mol. The first-order valence-electron chi connectivity index (χ1n) is 26.0. The number of carbonyl (C=O) groups is 3. The largest absolute Gasteiger partial charge is 0.344 e. The third-order valence-electron chi connectivity index (χ3n) is 15.1. The lowest BCUT2D eigenvalue weighted by molar-refractivity contribution is -0.433. The molecule has 1 aliphatic carbocycles. The molecule has 4 aromatic rings. The molecule has 0 aromatic heterocycles. The van der Waals surface area contributed by atoms with E-state index in [1.54, 1.807) is 30.3 Å². The van der Waals surface area contributed by atoms with Crippen LogP contribution in [0, 0.1) is 0 Å². The molecule has 82 heavy (non-hydrogen) atoms. The first-order valence-corrected chi connectivity index (χ1v) is 34.5. The Labute approximate surface area is 481 Å². The Hall–Kier alpha value is -5.66. The highest BCUT2D eigenvalue weighted by Gasteiger charge is 2.46. The maximum Gasteiger partial charge on any atom is 0.333 e. The summed E-state index contributed by atoms with van der Waals surface area (Å²) in [6.07, 6.45) is 8.82. The number of nitrogens with zero attached hydrogens (tertiary/aromatic N) is 4. The van der Waals surface area contributed by atoms with Gasteiger partial charge in [0.05, 0.1) is 26.7 Å². The second-order valence-electron chi connectivity index (χ2n) is 21.3. The minimum atomic E-state index is -4.98. The third kappa shape index (κ3) is 12.7. The van der Waals surface area contributed by atoms with Gasteiger partial charge in [0.15, 0.2) is 5.71 Å². The van der Waals surface area contributed by atoms with Gasteiger partial charge in [0, 0.05) is 95.3 Å². The van der Waals surface area contributed by atoms with Gasteiger partial charge < -0.3 is 9.74 Å². The quantitative estimate of drug-likeness (QED) is 0.0359. The van der Waals surface area contributed by atoms with E-state index in [0.717, 1.165) is 21.0 Å². The zero-order chi connectivity index (χ0) is 60.3. The summed E-state index contributed by atoms with van der Waals surface area (Å²) in [6.45, 7) is 9.88. The summed E-state index contributed by atoms with van der Waals surface area (Å²) in [5.74, 6) is -3.31. The van der Waals surface area contributed by atoms with E-state index in [1.807, 2.05) is 68.4 Å². The molecule has 3 heterocycles. The van der Waals surface area contributed by atoms with E-state index in [0.29, 0.717) is 81.0 Å². The molecule has 0 unspecified atom stereocenters. The number of anilines is 1. The summed E-state index contributed by atoms with van der Waals surface area (Å²) >= 11 is 1.22. The molecular formula is C54H63N4O18S6+. The SMILES string of the molecule is CC[N+]1=C(/C=C/C2=C(SCCS(=O)(=O)O)C(=C/C=C3/N(CCCS(=O)(=O)O)c4ccc5c(S(=O)(=O)N(C)CCCC(=O)ON6C(=O)CCC6=O)cccc5c4C3(C)C)/CCC2)C(C)(C)c2c1ccc1c(S(=O)(=O)O)cc(S(=O)(=O)O)cc21. The van der Waals surface area contributed by atoms with Crippen LogP contribution in [0.25, 0.3) is 21.5 Å². The number of allylic oxidation sites excluding steroid dienone is 7. The molecule has 0 atom stereocenters. The molecule has 22 nitrogen and oxygen atoms in total. The predicted molar refractivity (Wildman–Crippen MR) is 309 cm³/mol. The van der Waals surface area contributed by atoms with Gasteiger partial charge in [0.25, 0.3) is 52.3 Å². The van der Waals surface area contributed by atoms with Crippen LogP contribution >= 0.6 is 11.8 Å². The number of benzene rings is 4. The van der Waals surface area contributed by atoms with E-state index >= 15 is 0 Å². The predicted octanol–water partition coefficient (Wildman–Crippen LogP) is 7.39. The summed E-state index contributed by atoms with van der Waals surface area (Å²) < 4.78 is 170. The highest BCUT2D eigenvalue weighted by atomic mass is 32.2. The maximum absolute atomic E-state index is 14.3. The van der Waals surface area contributed by atoms with Gasteiger partial charge in [-0.1, -0.05) is 44.2 Å². The number of imide groups is 1. The van der Waals surface area contributed by atoms with Gasteiger partial charge in [-0.05, 0) is 117 Å². The molecule has 1 fully saturated rings. The van der Waals surface area contributed by atoms with Crippen LogP contribution in [0.5, 0.6) is 0 Å². The van der Waals surface area contributed by atoms with Crippen molar-refractivity contribution in [1.82, 2.24) is 9.37 Å². The molecule has 1 saturated heterocycles. The van der Waals surface area contributed by atoms with Crippen LogP contribution < -0.4 is 4.90 Å². The molecule has 4 aliphatic rings. The summed E-state index contributed by atoms with van der Waals surface area (Å²) in [5.41, 5.74) is 3.63. The molecule has 0 spiro atoms. The number of hydroxylamine groups is 2.